The number of pyridine rings is 1. The third kappa shape index (κ3) is 3.78. The minimum atomic E-state index is -0.462. The smallest absolute Gasteiger partial charge is 0.263 e. The number of fused-ring (bicyclic) bond motifs is 1. The van der Waals surface area contributed by atoms with Crippen LogP contribution in [0.1, 0.15) is 56.7 Å². The molecule has 1 aromatic carbocycles. The van der Waals surface area contributed by atoms with Gasteiger partial charge in [0, 0.05) is 31.8 Å². The summed E-state index contributed by atoms with van der Waals surface area (Å²) in [5.74, 6) is -0.0155. The average molecular weight is 379 g/mol. The molecule has 6 nitrogen and oxygen atoms in total. The van der Waals surface area contributed by atoms with Gasteiger partial charge in [-0.15, -0.1) is 0 Å². The molecular formula is C22H25N3O3. The Morgan fingerprint density at radius 1 is 1.29 bits per heavy atom. The Morgan fingerprint density at radius 3 is 2.86 bits per heavy atom. The van der Waals surface area contributed by atoms with Crippen LogP contribution in [0.4, 0.5) is 0 Å². The van der Waals surface area contributed by atoms with E-state index < -0.39 is 5.91 Å². The van der Waals surface area contributed by atoms with Crippen molar-refractivity contribution in [1.82, 2.24) is 15.2 Å². The van der Waals surface area contributed by atoms with Gasteiger partial charge in [0.05, 0.1) is 6.54 Å². The summed E-state index contributed by atoms with van der Waals surface area (Å²) in [6.07, 6.45) is 5.22. The maximum absolute atomic E-state index is 12.9. The predicted molar refractivity (Wildman–Crippen MR) is 107 cm³/mol. The second kappa shape index (κ2) is 7.72. The standard InChI is InChI=1S/C22H25N3O3/c1-23-21(27)18-10-17(20(26)9-14-5-6-14)13-25(22(18)28)12-16-4-2-3-15-7-8-24-11-19(15)16/h2-4,10,13-14,24H,5-9,11-12H2,1H3,(H,23,27). The number of rotatable bonds is 6. The minimum absolute atomic E-state index is 0.00170. The Bertz CT molecular complexity index is 989. The fourth-order valence-corrected chi connectivity index (χ4v) is 3.82. The van der Waals surface area contributed by atoms with Gasteiger partial charge in [0.2, 0.25) is 0 Å². The van der Waals surface area contributed by atoms with Crippen LogP contribution in [0.25, 0.3) is 0 Å². The molecule has 4 rings (SSSR count). The Morgan fingerprint density at radius 2 is 2.11 bits per heavy atom. The molecule has 0 atom stereocenters. The highest BCUT2D eigenvalue weighted by Crippen LogP contribution is 2.33. The topological polar surface area (TPSA) is 80.2 Å². The number of carbonyl (C=O) groups excluding carboxylic acids is 2. The van der Waals surface area contributed by atoms with Crippen molar-refractivity contribution >= 4 is 11.7 Å². The van der Waals surface area contributed by atoms with Crippen molar-refractivity contribution in [2.24, 2.45) is 5.92 Å². The Balaban J connectivity index is 1.74. The molecule has 0 bridgehead atoms. The predicted octanol–water partition coefficient (Wildman–Crippen LogP) is 1.88. The Hall–Kier alpha value is -2.73. The zero-order chi connectivity index (χ0) is 19.7. The lowest BCUT2D eigenvalue weighted by Gasteiger charge is -2.21. The van der Waals surface area contributed by atoms with Crippen LogP contribution in [0, 0.1) is 5.92 Å². The van der Waals surface area contributed by atoms with Crippen molar-refractivity contribution in [3.8, 4) is 0 Å². The lowest BCUT2D eigenvalue weighted by molar-refractivity contribution is 0.0961. The van der Waals surface area contributed by atoms with Crippen molar-refractivity contribution in [2.75, 3.05) is 13.6 Å². The van der Waals surface area contributed by atoms with Gasteiger partial charge in [-0.3, -0.25) is 14.4 Å². The van der Waals surface area contributed by atoms with Crippen molar-refractivity contribution in [1.29, 1.82) is 0 Å². The summed E-state index contributed by atoms with van der Waals surface area (Å²) < 4.78 is 1.51. The molecule has 2 N–H and O–H groups in total. The first-order valence-electron chi connectivity index (χ1n) is 9.87. The summed E-state index contributed by atoms with van der Waals surface area (Å²) in [4.78, 5) is 37.8. The number of aromatic nitrogens is 1. The molecule has 6 heteroatoms. The third-order valence-electron chi connectivity index (χ3n) is 5.63. The number of benzene rings is 1. The van der Waals surface area contributed by atoms with Crippen LogP contribution in [0.15, 0.2) is 35.3 Å². The van der Waals surface area contributed by atoms with Gasteiger partial charge in [0.1, 0.15) is 5.56 Å². The number of Topliss-reactive ketones (excluding diaryl/α,β-unsaturated/α-hetero) is 1. The lowest BCUT2D eigenvalue weighted by atomic mass is 9.95. The molecule has 0 unspecified atom stereocenters. The Kier molecular flexibility index (Phi) is 5.13. The summed E-state index contributed by atoms with van der Waals surface area (Å²) in [6.45, 7) is 2.06. The fourth-order valence-electron chi connectivity index (χ4n) is 3.82. The molecule has 2 aliphatic rings. The molecule has 2 aromatic rings. The fraction of sp³-hybridized carbons (Fsp3) is 0.409. The SMILES string of the molecule is CNC(=O)c1cc(C(=O)CC2CC2)cn(Cc2cccc3c2CNCC3)c1=O. The molecule has 146 valence electrons. The van der Waals surface area contributed by atoms with E-state index in [4.69, 9.17) is 0 Å². The zero-order valence-electron chi connectivity index (χ0n) is 16.1. The van der Waals surface area contributed by atoms with Crippen molar-refractivity contribution in [3.05, 3.63) is 68.6 Å². The number of hydrogen-bond donors (Lipinski definition) is 2. The molecule has 1 saturated carbocycles. The van der Waals surface area contributed by atoms with Crippen molar-refractivity contribution in [2.45, 2.75) is 38.8 Å². The number of ketones is 1. The van der Waals surface area contributed by atoms with E-state index in [2.05, 4.69) is 16.7 Å². The summed E-state index contributed by atoms with van der Waals surface area (Å²) >= 11 is 0. The first-order chi connectivity index (χ1) is 13.6. The number of nitrogens with one attached hydrogen (secondary N) is 2. The largest absolute Gasteiger partial charge is 0.355 e. The summed E-state index contributed by atoms with van der Waals surface area (Å²) in [5, 5.41) is 5.88. The maximum Gasteiger partial charge on any atom is 0.263 e. The minimum Gasteiger partial charge on any atom is -0.355 e. The van der Waals surface area contributed by atoms with Crippen LogP contribution in [0.2, 0.25) is 0 Å². The van der Waals surface area contributed by atoms with E-state index in [1.165, 1.54) is 28.8 Å². The molecule has 28 heavy (non-hydrogen) atoms. The normalized spacial score (nSPS) is 15.8. The molecule has 0 saturated heterocycles. The van der Waals surface area contributed by atoms with E-state index in [9.17, 15) is 14.4 Å². The molecule has 0 spiro atoms. The second-order valence-electron chi connectivity index (χ2n) is 7.71. The van der Waals surface area contributed by atoms with Crippen LogP contribution in [-0.4, -0.2) is 29.8 Å². The molecule has 1 aliphatic carbocycles. The van der Waals surface area contributed by atoms with Crippen LogP contribution in [0.3, 0.4) is 0 Å². The van der Waals surface area contributed by atoms with E-state index in [1.807, 2.05) is 12.1 Å². The van der Waals surface area contributed by atoms with Gasteiger partial charge in [-0.2, -0.15) is 0 Å². The van der Waals surface area contributed by atoms with Gasteiger partial charge < -0.3 is 15.2 Å². The Labute approximate surface area is 164 Å². The quantitative estimate of drug-likeness (QED) is 0.751. The number of carbonyl (C=O) groups is 2. The van der Waals surface area contributed by atoms with Gasteiger partial charge in [0.15, 0.2) is 5.78 Å². The van der Waals surface area contributed by atoms with E-state index in [0.717, 1.165) is 37.9 Å². The molecule has 1 aliphatic heterocycles. The van der Waals surface area contributed by atoms with Gasteiger partial charge in [-0.05, 0) is 54.5 Å². The highest BCUT2D eigenvalue weighted by Gasteiger charge is 2.26. The number of amides is 1. The molecule has 2 heterocycles. The summed E-state index contributed by atoms with van der Waals surface area (Å²) in [7, 11) is 1.49. The molecular weight excluding hydrogens is 354 g/mol. The maximum atomic E-state index is 12.9. The second-order valence-corrected chi connectivity index (χ2v) is 7.71. The van der Waals surface area contributed by atoms with Crippen LogP contribution in [0.5, 0.6) is 0 Å². The molecule has 1 fully saturated rings. The molecule has 1 amide bonds. The molecule has 1 aromatic heterocycles. The van der Waals surface area contributed by atoms with Crippen LogP contribution < -0.4 is 16.2 Å². The van der Waals surface area contributed by atoms with Gasteiger partial charge in [0.25, 0.3) is 11.5 Å². The third-order valence-corrected chi connectivity index (χ3v) is 5.63. The van der Waals surface area contributed by atoms with E-state index in [-0.39, 0.29) is 16.9 Å². The monoisotopic (exact) mass is 379 g/mol. The number of nitrogens with zero attached hydrogens (tertiary/aromatic N) is 1. The summed E-state index contributed by atoms with van der Waals surface area (Å²) in [5.41, 5.74) is 3.62. The van der Waals surface area contributed by atoms with E-state index in [0.29, 0.717) is 24.4 Å². The van der Waals surface area contributed by atoms with Crippen LogP contribution in [-0.2, 0) is 19.5 Å². The average Bonchev–Trinajstić information content (AvgIpc) is 3.53. The van der Waals surface area contributed by atoms with Gasteiger partial charge in [-0.25, -0.2) is 0 Å². The lowest BCUT2D eigenvalue weighted by Crippen LogP contribution is -2.33. The van der Waals surface area contributed by atoms with Gasteiger partial charge >= 0.3 is 0 Å². The number of hydrogen-bond acceptors (Lipinski definition) is 4. The molecule has 0 radical (unpaired) electrons. The van der Waals surface area contributed by atoms with Crippen molar-refractivity contribution in [3.63, 3.8) is 0 Å². The van der Waals surface area contributed by atoms with E-state index in [1.54, 1.807) is 6.20 Å². The first-order valence-corrected chi connectivity index (χ1v) is 9.87. The zero-order valence-corrected chi connectivity index (χ0v) is 16.1. The summed E-state index contributed by atoms with van der Waals surface area (Å²) in [6, 6.07) is 7.58. The van der Waals surface area contributed by atoms with Gasteiger partial charge in [-0.1, -0.05) is 18.2 Å². The van der Waals surface area contributed by atoms with E-state index >= 15 is 0 Å². The highest BCUT2D eigenvalue weighted by molar-refractivity contribution is 6.00. The van der Waals surface area contributed by atoms with Crippen molar-refractivity contribution < 1.29 is 9.59 Å². The van der Waals surface area contributed by atoms with Crippen LogP contribution >= 0.6 is 0 Å². The first kappa shape index (κ1) is 18.6. The highest BCUT2D eigenvalue weighted by atomic mass is 16.2.